The Labute approximate surface area is 144 Å². The minimum atomic E-state index is -0.00143. The van der Waals surface area contributed by atoms with E-state index in [-0.39, 0.29) is 12.0 Å². The molecule has 4 nitrogen and oxygen atoms in total. The number of aryl methyl sites for hydroxylation is 2. The zero-order chi connectivity index (χ0) is 17.5. The van der Waals surface area contributed by atoms with Crippen LogP contribution in [0, 0.1) is 13.8 Å². The number of anilines is 2. The molecule has 0 heterocycles. The Bertz CT molecular complexity index is 696. The van der Waals surface area contributed by atoms with Crippen LogP contribution in [0.2, 0.25) is 0 Å². The number of para-hydroxylation sites is 2. The predicted molar refractivity (Wildman–Crippen MR) is 99.9 cm³/mol. The van der Waals surface area contributed by atoms with Crippen molar-refractivity contribution in [1.82, 2.24) is 0 Å². The average Bonchev–Trinajstić information content (AvgIpc) is 2.52. The Morgan fingerprint density at radius 1 is 1.08 bits per heavy atom. The second kappa shape index (κ2) is 8.39. The molecule has 2 aromatic rings. The number of amides is 1. The van der Waals surface area contributed by atoms with Gasteiger partial charge in [-0.1, -0.05) is 24.3 Å². The minimum Gasteiger partial charge on any atom is -0.489 e. The lowest BCUT2D eigenvalue weighted by Gasteiger charge is -2.15. The van der Waals surface area contributed by atoms with Crippen LogP contribution in [0.1, 0.15) is 31.4 Å². The van der Waals surface area contributed by atoms with Crippen molar-refractivity contribution in [3.05, 3.63) is 53.6 Å². The maximum Gasteiger partial charge on any atom is 0.226 e. The minimum absolute atomic E-state index is 0.00143. The molecule has 0 aliphatic rings. The second-order valence-corrected chi connectivity index (χ2v) is 6.21. The average molecular weight is 326 g/mol. The van der Waals surface area contributed by atoms with Gasteiger partial charge in [0.15, 0.2) is 0 Å². The molecule has 128 valence electrons. The van der Waals surface area contributed by atoms with Crippen molar-refractivity contribution in [2.45, 2.75) is 40.2 Å². The normalized spacial score (nSPS) is 10.5. The van der Waals surface area contributed by atoms with Crippen LogP contribution in [0.4, 0.5) is 11.4 Å². The van der Waals surface area contributed by atoms with Crippen LogP contribution in [0.3, 0.4) is 0 Å². The molecular formula is C20H26N2O2. The third-order valence-corrected chi connectivity index (χ3v) is 3.58. The van der Waals surface area contributed by atoms with E-state index in [2.05, 4.69) is 10.6 Å². The lowest BCUT2D eigenvalue weighted by atomic mass is 10.1. The van der Waals surface area contributed by atoms with Crippen molar-refractivity contribution < 1.29 is 9.53 Å². The summed E-state index contributed by atoms with van der Waals surface area (Å²) < 4.78 is 5.76. The van der Waals surface area contributed by atoms with E-state index in [0.29, 0.717) is 13.0 Å². The molecule has 0 spiro atoms. The molecule has 0 saturated heterocycles. The van der Waals surface area contributed by atoms with Crippen molar-refractivity contribution in [3.8, 4) is 5.75 Å². The van der Waals surface area contributed by atoms with E-state index in [4.69, 9.17) is 4.74 Å². The van der Waals surface area contributed by atoms with Gasteiger partial charge in [-0.2, -0.15) is 0 Å². The summed E-state index contributed by atoms with van der Waals surface area (Å²) in [6.07, 6.45) is 0.504. The van der Waals surface area contributed by atoms with Crippen molar-refractivity contribution in [2.24, 2.45) is 0 Å². The number of hydrogen-bond donors (Lipinski definition) is 2. The Kier molecular flexibility index (Phi) is 6.24. The number of rotatable bonds is 7. The fourth-order valence-electron chi connectivity index (χ4n) is 2.36. The van der Waals surface area contributed by atoms with Crippen molar-refractivity contribution in [2.75, 3.05) is 17.2 Å². The Morgan fingerprint density at radius 2 is 1.83 bits per heavy atom. The number of hydrogen-bond acceptors (Lipinski definition) is 3. The van der Waals surface area contributed by atoms with E-state index in [1.165, 1.54) is 0 Å². The van der Waals surface area contributed by atoms with Crippen LogP contribution in [0.25, 0.3) is 0 Å². The molecule has 1 amide bonds. The van der Waals surface area contributed by atoms with Crippen LogP contribution in [0.15, 0.2) is 42.5 Å². The lowest BCUT2D eigenvalue weighted by Crippen LogP contribution is -2.17. The van der Waals surface area contributed by atoms with E-state index in [1.54, 1.807) is 0 Å². The third kappa shape index (κ3) is 5.30. The summed E-state index contributed by atoms with van der Waals surface area (Å²) in [6, 6.07) is 13.8. The molecule has 0 fully saturated rings. The molecule has 2 aromatic carbocycles. The number of benzene rings is 2. The van der Waals surface area contributed by atoms with Crippen LogP contribution in [-0.2, 0) is 4.79 Å². The van der Waals surface area contributed by atoms with Gasteiger partial charge in [0.1, 0.15) is 5.75 Å². The summed E-state index contributed by atoms with van der Waals surface area (Å²) in [7, 11) is 0. The fraction of sp³-hybridized carbons (Fsp3) is 0.350. The van der Waals surface area contributed by atoms with Gasteiger partial charge < -0.3 is 15.4 Å². The highest BCUT2D eigenvalue weighted by Gasteiger charge is 2.07. The van der Waals surface area contributed by atoms with Gasteiger partial charge in [-0.25, -0.2) is 0 Å². The lowest BCUT2D eigenvalue weighted by molar-refractivity contribution is -0.115. The SMILES string of the molecule is Cc1ccc(C)c(NC(=O)CCNc2ccccc2OC(C)C)c1. The van der Waals surface area contributed by atoms with Gasteiger partial charge in [0, 0.05) is 18.7 Å². The predicted octanol–water partition coefficient (Wildman–Crippen LogP) is 4.53. The highest BCUT2D eigenvalue weighted by molar-refractivity contribution is 5.91. The molecule has 0 aromatic heterocycles. The fourth-order valence-corrected chi connectivity index (χ4v) is 2.36. The summed E-state index contributed by atoms with van der Waals surface area (Å²) in [4.78, 5) is 12.1. The maximum atomic E-state index is 12.1. The Hall–Kier alpha value is -2.49. The third-order valence-electron chi connectivity index (χ3n) is 3.58. The molecule has 0 bridgehead atoms. The quantitative estimate of drug-likeness (QED) is 0.786. The molecule has 0 radical (unpaired) electrons. The van der Waals surface area contributed by atoms with Crippen LogP contribution in [0.5, 0.6) is 5.75 Å². The van der Waals surface area contributed by atoms with Crippen LogP contribution in [-0.4, -0.2) is 18.6 Å². The number of carbonyl (C=O) groups excluding carboxylic acids is 1. The summed E-state index contributed by atoms with van der Waals surface area (Å²) in [6.45, 7) is 8.55. The smallest absolute Gasteiger partial charge is 0.226 e. The monoisotopic (exact) mass is 326 g/mol. The summed E-state index contributed by atoms with van der Waals surface area (Å²) in [5.41, 5.74) is 3.99. The molecule has 2 rings (SSSR count). The van der Waals surface area contributed by atoms with Crippen molar-refractivity contribution in [1.29, 1.82) is 0 Å². The molecule has 4 heteroatoms. The van der Waals surface area contributed by atoms with Gasteiger partial charge in [0.2, 0.25) is 5.91 Å². The molecule has 24 heavy (non-hydrogen) atoms. The highest BCUT2D eigenvalue weighted by Crippen LogP contribution is 2.24. The Balaban J connectivity index is 1.88. The summed E-state index contributed by atoms with van der Waals surface area (Å²) in [5.74, 6) is 0.806. The van der Waals surface area contributed by atoms with E-state index < -0.39 is 0 Å². The van der Waals surface area contributed by atoms with Crippen LogP contribution >= 0.6 is 0 Å². The second-order valence-electron chi connectivity index (χ2n) is 6.21. The van der Waals surface area contributed by atoms with Gasteiger partial charge in [-0.15, -0.1) is 0 Å². The Morgan fingerprint density at radius 3 is 2.58 bits per heavy atom. The summed E-state index contributed by atoms with van der Waals surface area (Å²) >= 11 is 0. The number of nitrogens with one attached hydrogen (secondary N) is 2. The zero-order valence-electron chi connectivity index (χ0n) is 14.8. The molecule has 2 N–H and O–H groups in total. The van der Waals surface area contributed by atoms with E-state index in [9.17, 15) is 4.79 Å². The first-order valence-electron chi connectivity index (χ1n) is 8.32. The molecule has 0 aliphatic heterocycles. The molecule has 0 aliphatic carbocycles. The standard InChI is InChI=1S/C20H26N2O2/c1-14(2)24-19-8-6-5-7-17(19)21-12-11-20(23)22-18-13-15(3)9-10-16(18)4/h5-10,13-14,21H,11-12H2,1-4H3,(H,22,23). The first-order valence-corrected chi connectivity index (χ1v) is 8.32. The van der Waals surface area contributed by atoms with Crippen molar-refractivity contribution in [3.63, 3.8) is 0 Å². The van der Waals surface area contributed by atoms with Gasteiger partial charge in [0.05, 0.1) is 11.8 Å². The van der Waals surface area contributed by atoms with E-state index >= 15 is 0 Å². The summed E-state index contributed by atoms with van der Waals surface area (Å²) in [5, 5.41) is 6.25. The van der Waals surface area contributed by atoms with Crippen LogP contribution < -0.4 is 15.4 Å². The van der Waals surface area contributed by atoms with Crippen molar-refractivity contribution >= 4 is 17.3 Å². The first kappa shape index (κ1) is 17.9. The largest absolute Gasteiger partial charge is 0.489 e. The van der Waals surface area contributed by atoms with Gasteiger partial charge >= 0.3 is 0 Å². The number of carbonyl (C=O) groups is 1. The van der Waals surface area contributed by atoms with E-state index in [0.717, 1.165) is 28.3 Å². The van der Waals surface area contributed by atoms with Gasteiger partial charge in [-0.05, 0) is 57.0 Å². The molecule has 0 atom stereocenters. The first-order chi connectivity index (χ1) is 11.5. The maximum absolute atomic E-state index is 12.1. The molecular weight excluding hydrogens is 300 g/mol. The topological polar surface area (TPSA) is 50.4 Å². The van der Waals surface area contributed by atoms with E-state index in [1.807, 2.05) is 70.2 Å². The highest BCUT2D eigenvalue weighted by atomic mass is 16.5. The molecule has 0 unspecified atom stereocenters. The van der Waals surface area contributed by atoms with Gasteiger partial charge in [-0.3, -0.25) is 4.79 Å². The number of ether oxygens (including phenoxy) is 1. The zero-order valence-corrected chi connectivity index (χ0v) is 14.8. The van der Waals surface area contributed by atoms with Gasteiger partial charge in [0.25, 0.3) is 0 Å². The molecule has 0 saturated carbocycles.